The number of carbonyl (C=O) groups is 1. The summed E-state index contributed by atoms with van der Waals surface area (Å²) < 4.78 is 29.3. The summed E-state index contributed by atoms with van der Waals surface area (Å²) >= 11 is 0. The molecule has 3 rings (SSSR count). The van der Waals surface area contributed by atoms with Crippen LogP contribution < -0.4 is 14.9 Å². The van der Waals surface area contributed by atoms with Gasteiger partial charge in [0.1, 0.15) is 29.2 Å². The van der Waals surface area contributed by atoms with E-state index in [1.165, 1.54) is 42.5 Å². The Balaban J connectivity index is 1.90. The zero-order chi connectivity index (χ0) is 19.6. The number of halogens is 1. The zero-order valence-electron chi connectivity index (χ0n) is 14.6. The van der Waals surface area contributed by atoms with Gasteiger partial charge in [0.15, 0.2) is 6.10 Å². The first kappa shape index (κ1) is 18.4. The fraction of sp³-hybridized carbons (Fsp3) is 0.200. The molecule has 0 fully saturated rings. The summed E-state index contributed by atoms with van der Waals surface area (Å²) in [5.41, 5.74) is -0.178. The highest BCUT2D eigenvalue weighted by atomic mass is 19.1. The second-order valence-electron chi connectivity index (χ2n) is 6.26. The van der Waals surface area contributed by atoms with Crippen molar-refractivity contribution in [3.8, 4) is 17.2 Å². The predicted octanol–water partition coefficient (Wildman–Crippen LogP) is 4.21. The molecule has 0 bridgehead atoms. The molecule has 0 amide bonds. The zero-order valence-corrected chi connectivity index (χ0v) is 14.6. The number of carboxylic acids is 1. The quantitative estimate of drug-likeness (QED) is 0.697. The number of carboxylic acid groups (broad SMARTS) is 1. The Morgan fingerprint density at radius 1 is 1.11 bits per heavy atom. The minimum atomic E-state index is -1.07. The minimum Gasteiger partial charge on any atom is -0.478 e. The van der Waals surface area contributed by atoms with Gasteiger partial charge >= 0.3 is 5.97 Å². The van der Waals surface area contributed by atoms with Crippen LogP contribution >= 0.6 is 0 Å². The summed E-state index contributed by atoms with van der Waals surface area (Å²) in [6.07, 6.45) is 0.129. The van der Waals surface area contributed by atoms with Crippen LogP contribution in [0.5, 0.6) is 17.2 Å². The van der Waals surface area contributed by atoms with Crippen molar-refractivity contribution in [3.05, 3.63) is 64.8 Å². The van der Waals surface area contributed by atoms with Gasteiger partial charge < -0.3 is 19.0 Å². The number of hydrogen-bond acceptors (Lipinski definition) is 5. The molecule has 7 heteroatoms. The molecule has 6 nitrogen and oxygen atoms in total. The maximum Gasteiger partial charge on any atom is 0.345 e. The van der Waals surface area contributed by atoms with Gasteiger partial charge in [0.05, 0.1) is 5.39 Å². The lowest BCUT2D eigenvalue weighted by Gasteiger charge is -2.18. The molecule has 2 aromatic carbocycles. The lowest BCUT2D eigenvalue weighted by Crippen LogP contribution is -2.32. The van der Waals surface area contributed by atoms with Crippen molar-refractivity contribution in [2.75, 3.05) is 0 Å². The van der Waals surface area contributed by atoms with Gasteiger partial charge in [-0.05, 0) is 36.4 Å². The highest BCUT2D eigenvalue weighted by Crippen LogP contribution is 2.25. The molecule has 0 saturated heterocycles. The van der Waals surface area contributed by atoms with Gasteiger partial charge in [0.25, 0.3) is 0 Å². The van der Waals surface area contributed by atoms with E-state index in [1.54, 1.807) is 13.8 Å². The van der Waals surface area contributed by atoms with Crippen LogP contribution in [0.2, 0.25) is 0 Å². The Morgan fingerprint density at radius 3 is 2.41 bits per heavy atom. The van der Waals surface area contributed by atoms with E-state index < -0.39 is 23.3 Å². The standard InChI is InChI=1S/C20H17FO6/c1-11(2)19(20(23)24)27-14-7-8-15-16(9-14)25-10-17(18(15)22)26-13-5-3-12(21)4-6-13/h3-11,19H,1-2H3,(H,23,24). The molecule has 0 saturated carbocycles. The smallest absolute Gasteiger partial charge is 0.345 e. The molecular formula is C20H17FO6. The van der Waals surface area contributed by atoms with Crippen molar-refractivity contribution >= 4 is 16.9 Å². The van der Waals surface area contributed by atoms with Crippen molar-refractivity contribution in [2.45, 2.75) is 20.0 Å². The molecule has 0 aliphatic heterocycles. The lowest BCUT2D eigenvalue weighted by molar-refractivity contribution is -0.147. The highest BCUT2D eigenvalue weighted by Gasteiger charge is 2.23. The van der Waals surface area contributed by atoms with Crippen LogP contribution in [0.15, 0.2) is 57.9 Å². The summed E-state index contributed by atoms with van der Waals surface area (Å²) in [7, 11) is 0. The molecule has 1 N–H and O–H groups in total. The molecule has 0 spiro atoms. The predicted molar refractivity (Wildman–Crippen MR) is 95.8 cm³/mol. The van der Waals surface area contributed by atoms with Gasteiger partial charge in [-0.15, -0.1) is 0 Å². The molecule has 1 unspecified atom stereocenters. The molecule has 0 aliphatic carbocycles. The van der Waals surface area contributed by atoms with E-state index in [4.69, 9.17) is 13.9 Å². The molecular weight excluding hydrogens is 355 g/mol. The molecule has 1 heterocycles. The van der Waals surface area contributed by atoms with Crippen LogP contribution in [-0.2, 0) is 4.79 Å². The molecule has 0 aliphatic rings. The number of aliphatic carboxylic acids is 1. The van der Waals surface area contributed by atoms with Crippen molar-refractivity contribution in [2.24, 2.45) is 5.92 Å². The first-order valence-electron chi connectivity index (χ1n) is 8.23. The molecule has 140 valence electrons. The summed E-state index contributed by atoms with van der Waals surface area (Å²) in [6.45, 7) is 3.47. The number of rotatable bonds is 6. The third kappa shape index (κ3) is 4.08. The third-order valence-electron chi connectivity index (χ3n) is 3.87. The summed E-state index contributed by atoms with van der Waals surface area (Å²) in [5.74, 6) is -1.20. The van der Waals surface area contributed by atoms with Gasteiger partial charge in [0, 0.05) is 12.0 Å². The second kappa shape index (κ2) is 7.49. The Bertz CT molecular complexity index is 1020. The minimum absolute atomic E-state index is 0.0478. The van der Waals surface area contributed by atoms with E-state index in [2.05, 4.69) is 0 Å². The second-order valence-corrected chi connectivity index (χ2v) is 6.26. The Labute approximate surface area is 153 Å². The van der Waals surface area contributed by atoms with Crippen LogP contribution in [0.4, 0.5) is 4.39 Å². The van der Waals surface area contributed by atoms with Gasteiger partial charge in [-0.3, -0.25) is 4.79 Å². The van der Waals surface area contributed by atoms with Crippen molar-refractivity contribution in [1.82, 2.24) is 0 Å². The number of fused-ring (bicyclic) bond motifs is 1. The SMILES string of the molecule is CC(C)C(Oc1ccc2c(=O)c(Oc3ccc(F)cc3)coc2c1)C(=O)O. The number of benzene rings is 2. The van der Waals surface area contributed by atoms with E-state index in [9.17, 15) is 19.1 Å². The molecule has 3 aromatic rings. The Kier molecular flexibility index (Phi) is 5.12. The number of ether oxygens (including phenoxy) is 2. The van der Waals surface area contributed by atoms with E-state index >= 15 is 0 Å². The Morgan fingerprint density at radius 2 is 1.78 bits per heavy atom. The highest BCUT2D eigenvalue weighted by molar-refractivity contribution is 5.79. The molecule has 1 atom stereocenters. The van der Waals surface area contributed by atoms with Gasteiger partial charge in [-0.2, -0.15) is 0 Å². The maximum absolute atomic E-state index is 13.0. The van der Waals surface area contributed by atoms with E-state index in [-0.39, 0.29) is 28.4 Å². The molecule has 0 radical (unpaired) electrons. The third-order valence-corrected chi connectivity index (χ3v) is 3.87. The van der Waals surface area contributed by atoms with Crippen molar-refractivity contribution in [3.63, 3.8) is 0 Å². The van der Waals surface area contributed by atoms with Gasteiger partial charge in [0.2, 0.25) is 11.2 Å². The van der Waals surface area contributed by atoms with Crippen LogP contribution in [0.25, 0.3) is 11.0 Å². The first-order valence-corrected chi connectivity index (χ1v) is 8.23. The van der Waals surface area contributed by atoms with Crippen molar-refractivity contribution in [1.29, 1.82) is 0 Å². The lowest BCUT2D eigenvalue weighted by atomic mass is 10.1. The Hall–Kier alpha value is -3.35. The summed E-state index contributed by atoms with van der Waals surface area (Å²) in [5, 5.41) is 9.47. The van der Waals surface area contributed by atoms with Gasteiger partial charge in [-0.25, -0.2) is 9.18 Å². The van der Waals surface area contributed by atoms with E-state index in [0.717, 1.165) is 6.26 Å². The topological polar surface area (TPSA) is 86.0 Å². The monoisotopic (exact) mass is 372 g/mol. The normalized spacial score (nSPS) is 12.1. The van der Waals surface area contributed by atoms with E-state index in [1.807, 2.05) is 0 Å². The van der Waals surface area contributed by atoms with Crippen LogP contribution in [0, 0.1) is 11.7 Å². The average Bonchev–Trinajstić information content (AvgIpc) is 2.63. The molecule has 1 aromatic heterocycles. The molecule has 27 heavy (non-hydrogen) atoms. The first-order chi connectivity index (χ1) is 12.8. The summed E-state index contributed by atoms with van der Waals surface area (Å²) in [6, 6.07) is 9.66. The fourth-order valence-corrected chi connectivity index (χ4v) is 2.48. The van der Waals surface area contributed by atoms with Gasteiger partial charge in [-0.1, -0.05) is 13.8 Å². The average molecular weight is 372 g/mol. The summed E-state index contributed by atoms with van der Waals surface area (Å²) in [4.78, 5) is 23.8. The number of hydrogen-bond donors (Lipinski definition) is 1. The van der Waals surface area contributed by atoms with Crippen LogP contribution in [0.1, 0.15) is 13.8 Å². The largest absolute Gasteiger partial charge is 0.478 e. The maximum atomic E-state index is 13.0. The van der Waals surface area contributed by atoms with Crippen molar-refractivity contribution < 1.29 is 28.2 Å². The fourth-order valence-electron chi connectivity index (χ4n) is 2.48. The van der Waals surface area contributed by atoms with E-state index in [0.29, 0.717) is 5.75 Å². The van der Waals surface area contributed by atoms with Crippen LogP contribution in [-0.4, -0.2) is 17.2 Å². The van der Waals surface area contributed by atoms with Crippen LogP contribution in [0.3, 0.4) is 0 Å².